The van der Waals surface area contributed by atoms with Crippen LogP contribution < -0.4 is 5.32 Å². The van der Waals surface area contributed by atoms with Gasteiger partial charge >= 0.3 is 0 Å². The highest BCUT2D eigenvalue weighted by molar-refractivity contribution is 5.80. The fraction of sp³-hybridized carbons (Fsp3) is 0.853. The molecule has 1 aliphatic rings. The molecule has 0 saturated carbocycles. The Kier molecular flexibility index (Phi) is 59.9. The van der Waals surface area contributed by atoms with E-state index in [9.17, 15) is 40.5 Å². The van der Waals surface area contributed by atoms with E-state index in [-0.39, 0.29) is 12.8 Å². The lowest BCUT2D eigenvalue weighted by Gasteiger charge is -2.40. The number of hydrogen-bond acceptors (Lipinski definition) is 10. The monoisotopic (exact) mass is 1210 g/mol. The molecule has 0 aliphatic carbocycles. The number of carbonyl (C=O) groups is 1. The van der Waals surface area contributed by atoms with Crippen LogP contribution in [0.2, 0.25) is 0 Å². The second-order valence-electron chi connectivity index (χ2n) is 25.6. The minimum Gasteiger partial charge on any atom is -0.394 e. The summed E-state index contributed by atoms with van der Waals surface area (Å²) in [5, 5.41) is 76.5. The first-order valence-corrected chi connectivity index (χ1v) is 36.7. The minimum atomic E-state index is -1.68. The van der Waals surface area contributed by atoms with Crippen molar-refractivity contribution in [1.82, 2.24) is 5.32 Å². The number of aliphatic hydroxyl groups excluding tert-OH is 7. The highest BCUT2D eigenvalue weighted by Gasteiger charge is 2.44. The average Bonchev–Trinajstić information content (AvgIpc) is 2.54. The van der Waals surface area contributed by atoms with Gasteiger partial charge in [-0.1, -0.05) is 306 Å². The summed E-state index contributed by atoms with van der Waals surface area (Å²) >= 11 is 0. The number of aliphatic hydroxyl groups is 7. The SMILES string of the molecule is CCCCCCCCCCC/C=C\C/C=C\CCCCCCCCCCCCCCC(O)C(=O)NC(COC1OC(CO)C(O)C(O)C1O)C(O)C(O)CCC/C=C/CC/C=C/CC/C=C/CCCCCCCCCCCCCCCCCCCC. The number of allylic oxidation sites excluding steroid dienone is 10. The number of nitrogens with one attached hydrogen (secondary N) is 1. The van der Waals surface area contributed by atoms with Gasteiger partial charge in [0.15, 0.2) is 6.29 Å². The number of unbranched alkanes of at least 4 members (excludes halogenated alkanes) is 42. The van der Waals surface area contributed by atoms with Crippen molar-refractivity contribution in [3.63, 3.8) is 0 Å². The molecule has 0 bridgehead atoms. The van der Waals surface area contributed by atoms with Crippen molar-refractivity contribution in [3.05, 3.63) is 60.8 Å². The third-order valence-corrected chi connectivity index (χ3v) is 17.5. The largest absolute Gasteiger partial charge is 0.394 e. The molecule has 1 aliphatic heterocycles. The first-order chi connectivity index (χ1) is 42.2. The second-order valence-corrected chi connectivity index (χ2v) is 25.6. The summed E-state index contributed by atoms with van der Waals surface area (Å²) in [5.41, 5.74) is 0. The Labute approximate surface area is 529 Å². The van der Waals surface area contributed by atoms with Crippen molar-refractivity contribution in [2.75, 3.05) is 13.2 Å². The van der Waals surface area contributed by atoms with E-state index in [1.165, 1.54) is 244 Å². The summed E-state index contributed by atoms with van der Waals surface area (Å²) in [6.07, 6.45) is 73.1. The van der Waals surface area contributed by atoms with Crippen LogP contribution in [0, 0.1) is 0 Å². The Hall–Kier alpha value is -2.19. The van der Waals surface area contributed by atoms with Gasteiger partial charge in [-0.3, -0.25) is 4.79 Å². The fourth-order valence-electron chi connectivity index (χ4n) is 11.6. The van der Waals surface area contributed by atoms with Crippen LogP contribution in [-0.2, 0) is 14.3 Å². The van der Waals surface area contributed by atoms with Crippen LogP contribution in [0.1, 0.15) is 341 Å². The molecule has 1 amide bonds. The van der Waals surface area contributed by atoms with Crippen LogP contribution in [0.5, 0.6) is 0 Å². The smallest absolute Gasteiger partial charge is 0.249 e. The van der Waals surface area contributed by atoms with Gasteiger partial charge in [0.05, 0.1) is 25.4 Å². The maximum atomic E-state index is 13.3. The summed E-state index contributed by atoms with van der Waals surface area (Å²) in [7, 11) is 0. The summed E-state index contributed by atoms with van der Waals surface area (Å²) in [6.45, 7) is 3.48. The predicted molar refractivity (Wildman–Crippen MR) is 362 cm³/mol. The summed E-state index contributed by atoms with van der Waals surface area (Å²) in [6, 6.07) is -1.20. The molecule has 1 saturated heterocycles. The van der Waals surface area contributed by atoms with E-state index in [4.69, 9.17) is 9.47 Å². The summed E-state index contributed by atoms with van der Waals surface area (Å²) < 4.78 is 11.2. The molecule has 0 aromatic rings. The van der Waals surface area contributed by atoms with E-state index in [0.717, 1.165) is 51.4 Å². The molecular formula is C75H139NO10. The second kappa shape index (κ2) is 63.0. The van der Waals surface area contributed by atoms with Crippen molar-refractivity contribution in [1.29, 1.82) is 0 Å². The number of amides is 1. The number of hydrogen-bond donors (Lipinski definition) is 8. The van der Waals surface area contributed by atoms with Gasteiger partial charge in [-0.25, -0.2) is 0 Å². The van der Waals surface area contributed by atoms with E-state index in [2.05, 4.69) is 79.9 Å². The van der Waals surface area contributed by atoms with Crippen LogP contribution >= 0.6 is 0 Å². The van der Waals surface area contributed by atoms with Gasteiger partial charge in [-0.15, -0.1) is 0 Å². The maximum absolute atomic E-state index is 13.3. The summed E-state index contributed by atoms with van der Waals surface area (Å²) in [5.74, 6) is -0.711. The quantitative estimate of drug-likeness (QED) is 0.0215. The lowest BCUT2D eigenvalue weighted by molar-refractivity contribution is -0.303. The van der Waals surface area contributed by atoms with Crippen LogP contribution in [0.4, 0.5) is 0 Å². The Morgan fingerprint density at radius 3 is 1.10 bits per heavy atom. The average molecular weight is 1210 g/mol. The predicted octanol–water partition coefficient (Wildman–Crippen LogP) is 18.1. The van der Waals surface area contributed by atoms with Crippen LogP contribution in [-0.4, -0.2) is 110 Å². The van der Waals surface area contributed by atoms with Gasteiger partial charge in [0, 0.05) is 0 Å². The Morgan fingerprint density at radius 2 is 0.733 bits per heavy atom. The fourth-order valence-corrected chi connectivity index (χ4v) is 11.6. The molecule has 11 nitrogen and oxygen atoms in total. The zero-order chi connectivity index (χ0) is 62.4. The van der Waals surface area contributed by atoms with Crippen LogP contribution in [0.15, 0.2) is 60.8 Å². The zero-order valence-electron chi connectivity index (χ0n) is 55.8. The summed E-state index contributed by atoms with van der Waals surface area (Å²) in [4.78, 5) is 13.3. The van der Waals surface area contributed by atoms with Crippen LogP contribution in [0.25, 0.3) is 0 Å². The van der Waals surface area contributed by atoms with E-state index in [1.807, 2.05) is 0 Å². The van der Waals surface area contributed by atoms with Crippen molar-refractivity contribution in [2.45, 2.75) is 396 Å². The Bertz CT molecular complexity index is 1580. The van der Waals surface area contributed by atoms with Gasteiger partial charge in [0.2, 0.25) is 5.91 Å². The van der Waals surface area contributed by atoms with Gasteiger partial charge in [-0.05, 0) is 96.3 Å². The molecule has 11 heteroatoms. The first-order valence-electron chi connectivity index (χ1n) is 36.7. The standard InChI is InChI=1S/C75H139NO10/c1-3-5-7-9-11-13-15-17-19-21-23-25-27-29-31-33-34-35-37-38-40-42-44-46-48-50-52-54-56-58-60-62-67(78)70(80)66(65-85-75-73(83)72(82)71(81)69(64-77)86-75)76-74(84)68(79)63-61-59-57-55-53-51-49-47-45-43-41-39-36-32-30-28-26-24-22-20-18-16-14-12-10-8-6-4-2/h24,26,30,32,38,40,46,48,54,56,66-73,75,77-83H,3-23,25,27-29,31,33-37,39,41-45,47,49-53,55,57-65H2,1-2H3,(H,76,84)/b26-24-,32-30-,40-38+,48-46+,56-54+. The van der Waals surface area contributed by atoms with E-state index in [1.54, 1.807) is 0 Å². The Balaban J connectivity index is 2.23. The molecule has 504 valence electrons. The van der Waals surface area contributed by atoms with Crippen LogP contribution in [0.3, 0.4) is 0 Å². The first kappa shape index (κ1) is 81.8. The van der Waals surface area contributed by atoms with E-state index < -0.39 is 74.2 Å². The van der Waals surface area contributed by atoms with E-state index in [0.29, 0.717) is 19.3 Å². The third-order valence-electron chi connectivity index (χ3n) is 17.5. The minimum absolute atomic E-state index is 0.240. The van der Waals surface area contributed by atoms with Crippen molar-refractivity contribution in [2.24, 2.45) is 0 Å². The number of carbonyl (C=O) groups excluding carboxylic acids is 1. The maximum Gasteiger partial charge on any atom is 0.249 e. The molecule has 0 spiro atoms. The lowest BCUT2D eigenvalue weighted by atomic mass is 9.98. The molecule has 1 rings (SSSR count). The van der Waals surface area contributed by atoms with Gasteiger partial charge in [0.25, 0.3) is 0 Å². The zero-order valence-corrected chi connectivity index (χ0v) is 55.8. The molecule has 9 atom stereocenters. The van der Waals surface area contributed by atoms with E-state index >= 15 is 0 Å². The molecule has 0 radical (unpaired) electrons. The highest BCUT2D eigenvalue weighted by atomic mass is 16.7. The highest BCUT2D eigenvalue weighted by Crippen LogP contribution is 2.24. The topological polar surface area (TPSA) is 189 Å². The number of rotatable bonds is 64. The number of ether oxygens (including phenoxy) is 2. The molecule has 9 unspecified atom stereocenters. The molecule has 8 N–H and O–H groups in total. The van der Waals surface area contributed by atoms with Crippen molar-refractivity contribution in [3.8, 4) is 0 Å². The van der Waals surface area contributed by atoms with Crippen molar-refractivity contribution < 1.29 is 50.0 Å². The van der Waals surface area contributed by atoms with Gasteiger partial charge in [0.1, 0.15) is 36.6 Å². The molecule has 0 aromatic heterocycles. The van der Waals surface area contributed by atoms with Gasteiger partial charge in [-0.2, -0.15) is 0 Å². The molecule has 1 heterocycles. The lowest BCUT2D eigenvalue weighted by Crippen LogP contribution is -2.60. The molecule has 0 aromatic carbocycles. The molecule has 86 heavy (non-hydrogen) atoms. The van der Waals surface area contributed by atoms with Gasteiger partial charge < -0.3 is 50.5 Å². The third kappa shape index (κ3) is 49.6. The molecule has 1 fully saturated rings. The molecular weight excluding hydrogens is 1070 g/mol. The normalized spacial score (nSPS) is 19.1. The van der Waals surface area contributed by atoms with Crippen molar-refractivity contribution >= 4 is 5.91 Å². The Morgan fingerprint density at radius 1 is 0.407 bits per heavy atom.